The van der Waals surface area contributed by atoms with Gasteiger partial charge in [-0.05, 0) is 81.5 Å². The van der Waals surface area contributed by atoms with Gasteiger partial charge < -0.3 is 25.8 Å². The van der Waals surface area contributed by atoms with E-state index in [2.05, 4.69) is 29.4 Å². The smallest absolute Gasteiger partial charge is 0.246 e. The molecule has 0 spiro atoms. The van der Waals surface area contributed by atoms with Gasteiger partial charge in [-0.1, -0.05) is 91.0 Å². The molecule has 1 fully saturated rings. The Morgan fingerprint density at radius 2 is 1.46 bits per heavy atom. The van der Waals surface area contributed by atoms with Crippen LogP contribution in [0.5, 0.6) is 0 Å². The first-order chi connectivity index (χ1) is 22.9. The molecule has 8 nitrogen and oxygen atoms in total. The van der Waals surface area contributed by atoms with Crippen molar-refractivity contribution in [1.29, 1.82) is 0 Å². The van der Waals surface area contributed by atoms with Crippen LogP contribution >= 0.6 is 0 Å². The maximum Gasteiger partial charge on any atom is 0.246 e. The highest BCUT2D eigenvalue weighted by atomic mass is 16.2. The molecule has 1 aliphatic heterocycles. The molecule has 3 aromatic rings. The molecule has 0 radical (unpaired) electrons. The molecule has 1 aliphatic rings. The fourth-order valence-corrected chi connectivity index (χ4v) is 6.27. The summed E-state index contributed by atoms with van der Waals surface area (Å²) in [4.78, 5) is 47.1. The lowest BCUT2D eigenvalue weighted by molar-refractivity contribution is -0.146. The van der Waals surface area contributed by atoms with E-state index in [4.69, 9.17) is 5.73 Å². The second-order valence-corrected chi connectivity index (χ2v) is 13.8. The number of likely N-dealkylation sites (N-methyl/N-ethyl adjacent to an activating group) is 2. The Morgan fingerprint density at radius 1 is 0.875 bits per heavy atom. The van der Waals surface area contributed by atoms with Crippen LogP contribution in [-0.4, -0.2) is 90.3 Å². The maximum atomic E-state index is 14.5. The van der Waals surface area contributed by atoms with Crippen LogP contribution in [0.2, 0.25) is 0 Å². The van der Waals surface area contributed by atoms with Crippen LogP contribution in [0.25, 0.3) is 11.1 Å². The SMILES string of the molecule is CN1CCCC1CCNC(=O)[C@@H](Cc1ccccc1)N(C)C(=O)[C@@H](Cc1ccc(-c2ccccc2)cc1)N(C)C(=O)/C=C/CC(C)(C)N. The Morgan fingerprint density at radius 3 is 2.06 bits per heavy atom. The Hall–Kier alpha value is -4.27. The van der Waals surface area contributed by atoms with Crippen LogP contribution in [0, 0.1) is 0 Å². The first-order valence-electron chi connectivity index (χ1n) is 17.1. The molecular weight excluding hydrogens is 598 g/mol. The first kappa shape index (κ1) is 36.6. The highest BCUT2D eigenvalue weighted by molar-refractivity contribution is 5.95. The minimum Gasteiger partial charge on any atom is -0.354 e. The highest BCUT2D eigenvalue weighted by Crippen LogP contribution is 2.22. The number of nitrogens with zero attached hydrogens (tertiary/aromatic N) is 3. The molecule has 8 heteroatoms. The molecule has 1 heterocycles. The predicted octanol–water partition coefficient (Wildman–Crippen LogP) is 5.08. The molecule has 3 N–H and O–H groups in total. The van der Waals surface area contributed by atoms with Crippen LogP contribution in [0.3, 0.4) is 0 Å². The minimum absolute atomic E-state index is 0.194. The highest BCUT2D eigenvalue weighted by Gasteiger charge is 2.35. The number of benzene rings is 3. The molecular formula is C40H53N5O3. The lowest BCUT2D eigenvalue weighted by atomic mass is 9.98. The lowest BCUT2D eigenvalue weighted by Crippen LogP contribution is -2.56. The summed E-state index contributed by atoms with van der Waals surface area (Å²) >= 11 is 0. The molecule has 1 unspecified atom stereocenters. The average Bonchev–Trinajstić information content (AvgIpc) is 3.49. The minimum atomic E-state index is -0.834. The van der Waals surface area contributed by atoms with E-state index in [0.717, 1.165) is 41.6 Å². The van der Waals surface area contributed by atoms with Crippen molar-refractivity contribution in [1.82, 2.24) is 20.0 Å². The van der Waals surface area contributed by atoms with Crippen LogP contribution in [0.4, 0.5) is 0 Å². The zero-order valence-corrected chi connectivity index (χ0v) is 29.3. The summed E-state index contributed by atoms with van der Waals surface area (Å²) in [6.45, 7) is 5.42. The third-order valence-corrected chi connectivity index (χ3v) is 9.33. The van der Waals surface area contributed by atoms with Crippen molar-refractivity contribution in [3.8, 4) is 11.1 Å². The quantitative estimate of drug-likeness (QED) is 0.224. The molecule has 0 aliphatic carbocycles. The van der Waals surface area contributed by atoms with Gasteiger partial charge in [0, 0.05) is 45.1 Å². The van der Waals surface area contributed by atoms with Gasteiger partial charge in [-0.15, -0.1) is 0 Å². The lowest BCUT2D eigenvalue weighted by Gasteiger charge is -2.34. The molecule has 0 aromatic heterocycles. The zero-order chi connectivity index (χ0) is 34.7. The Labute approximate surface area is 287 Å². The third kappa shape index (κ3) is 10.6. The number of carbonyl (C=O) groups excluding carboxylic acids is 3. The summed E-state index contributed by atoms with van der Waals surface area (Å²) in [5.74, 6) is -0.783. The second-order valence-electron chi connectivity index (χ2n) is 13.8. The zero-order valence-electron chi connectivity index (χ0n) is 29.3. The summed E-state index contributed by atoms with van der Waals surface area (Å²) in [6.07, 6.45) is 7.58. The molecule has 256 valence electrons. The topological polar surface area (TPSA) is 99.0 Å². The van der Waals surface area contributed by atoms with Crippen molar-refractivity contribution < 1.29 is 14.4 Å². The van der Waals surface area contributed by atoms with Crippen LogP contribution in [-0.2, 0) is 27.2 Å². The van der Waals surface area contributed by atoms with E-state index in [1.54, 1.807) is 20.2 Å². The fourth-order valence-electron chi connectivity index (χ4n) is 6.27. The molecule has 0 bridgehead atoms. The summed E-state index contributed by atoms with van der Waals surface area (Å²) in [7, 11) is 5.46. The fraction of sp³-hybridized carbons (Fsp3) is 0.425. The number of nitrogens with two attached hydrogens (primary N) is 1. The number of rotatable bonds is 15. The van der Waals surface area contributed by atoms with E-state index < -0.39 is 17.6 Å². The van der Waals surface area contributed by atoms with Crippen molar-refractivity contribution in [3.05, 3.63) is 108 Å². The normalized spacial score (nSPS) is 16.4. The van der Waals surface area contributed by atoms with Crippen molar-refractivity contribution in [2.24, 2.45) is 5.73 Å². The van der Waals surface area contributed by atoms with Gasteiger partial charge in [0.25, 0.3) is 0 Å². The van der Waals surface area contributed by atoms with Gasteiger partial charge >= 0.3 is 0 Å². The summed E-state index contributed by atoms with van der Waals surface area (Å²) < 4.78 is 0. The monoisotopic (exact) mass is 651 g/mol. The number of likely N-dealkylation sites (tertiary alicyclic amines) is 1. The maximum absolute atomic E-state index is 14.5. The Bertz CT molecular complexity index is 1500. The Balaban J connectivity index is 1.58. The van der Waals surface area contributed by atoms with Gasteiger partial charge in [0.2, 0.25) is 17.7 Å². The Kier molecular flexibility index (Phi) is 13.1. The number of carbonyl (C=O) groups is 3. The number of hydrogen-bond acceptors (Lipinski definition) is 5. The molecule has 4 rings (SSSR count). The van der Waals surface area contributed by atoms with E-state index >= 15 is 0 Å². The van der Waals surface area contributed by atoms with E-state index in [1.807, 2.05) is 86.6 Å². The van der Waals surface area contributed by atoms with Gasteiger partial charge in [-0.3, -0.25) is 14.4 Å². The molecule has 0 saturated carbocycles. The van der Waals surface area contributed by atoms with Crippen molar-refractivity contribution in [2.45, 2.75) is 76.0 Å². The predicted molar refractivity (Wildman–Crippen MR) is 194 cm³/mol. The molecule has 48 heavy (non-hydrogen) atoms. The average molecular weight is 652 g/mol. The number of hydrogen-bond donors (Lipinski definition) is 2. The summed E-state index contributed by atoms with van der Waals surface area (Å²) in [6, 6.07) is 26.8. The van der Waals surface area contributed by atoms with E-state index in [0.29, 0.717) is 31.8 Å². The number of amides is 3. The first-order valence-corrected chi connectivity index (χ1v) is 17.1. The van der Waals surface area contributed by atoms with Crippen molar-refractivity contribution in [3.63, 3.8) is 0 Å². The summed E-state index contributed by atoms with van der Waals surface area (Å²) in [5, 5.41) is 3.13. The van der Waals surface area contributed by atoms with E-state index in [-0.39, 0.29) is 17.7 Å². The summed E-state index contributed by atoms with van der Waals surface area (Å²) in [5.41, 5.74) is 9.71. The van der Waals surface area contributed by atoms with Crippen molar-refractivity contribution in [2.75, 3.05) is 34.2 Å². The molecule has 3 amide bonds. The van der Waals surface area contributed by atoms with Crippen LogP contribution in [0.15, 0.2) is 97.1 Å². The molecule has 1 saturated heterocycles. The van der Waals surface area contributed by atoms with Gasteiger partial charge in [-0.2, -0.15) is 0 Å². The van der Waals surface area contributed by atoms with E-state index in [1.165, 1.54) is 22.3 Å². The standard InChI is InChI=1S/C40H53N5O3/c1-40(2,41)25-12-19-37(46)44(4)36(29-31-20-22-33(23-21-31)32-16-10-7-11-17-32)39(48)45(5)35(28-30-14-8-6-9-15-30)38(47)42-26-24-34-18-13-27-43(34)3/h6-12,14-17,19-23,34-36H,13,18,24-29,41H2,1-5H3,(H,42,47)/b19-12+/t34?,35-,36-/m1/s1. The van der Waals surface area contributed by atoms with Crippen molar-refractivity contribution >= 4 is 17.7 Å². The van der Waals surface area contributed by atoms with Gasteiger partial charge in [0.15, 0.2) is 0 Å². The van der Waals surface area contributed by atoms with Crippen LogP contribution in [0.1, 0.15) is 50.7 Å². The third-order valence-electron chi connectivity index (χ3n) is 9.33. The molecule has 3 aromatic carbocycles. The van der Waals surface area contributed by atoms with Gasteiger partial charge in [0.05, 0.1) is 0 Å². The molecule has 3 atom stereocenters. The second kappa shape index (κ2) is 17.2. The number of nitrogens with one attached hydrogen (secondary N) is 1. The van der Waals surface area contributed by atoms with Gasteiger partial charge in [0.1, 0.15) is 12.1 Å². The van der Waals surface area contributed by atoms with Gasteiger partial charge in [-0.25, -0.2) is 0 Å². The van der Waals surface area contributed by atoms with Crippen LogP contribution < -0.4 is 11.1 Å². The largest absolute Gasteiger partial charge is 0.354 e. The van der Waals surface area contributed by atoms with E-state index in [9.17, 15) is 14.4 Å².